The van der Waals surface area contributed by atoms with Crippen molar-refractivity contribution in [2.45, 2.75) is 6.42 Å². The summed E-state index contributed by atoms with van der Waals surface area (Å²) >= 11 is 0. The summed E-state index contributed by atoms with van der Waals surface area (Å²) in [6.45, 7) is 0. The summed E-state index contributed by atoms with van der Waals surface area (Å²) in [5.41, 5.74) is 2.32. The summed E-state index contributed by atoms with van der Waals surface area (Å²) in [7, 11) is 0. The minimum Gasteiger partial charge on any atom is -0.459 e. The Hall–Kier alpha value is -3.67. The van der Waals surface area contributed by atoms with Crippen LogP contribution in [-0.4, -0.2) is 16.0 Å². The van der Waals surface area contributed by atoms with Crippen molar-refractivity contribution in [3.63, 3.8) is 0 Å². The number of hydrogen-bond donors (Lipinski definition) is 1. The number of nitrogens with one attached hydrogen (secondary N) is 1. The first kappa shape index (κ1) is 15.8. The second-order valence-electron chi connectivity index (χ2n) is 5.66. The fourth-order valence-corrected chi connectivity index (χ4v) is 2.58. The Morgan fingerprint density at radius 3 is 2.58 bits per heavy atom. The maximum atomic E-state index is 12.2. The second kappa shape index (κ2) is 7.06. The van der Waals surface area contributed by atoms with Crippen molar-refractivity contribution in [2.75, 3.05) is 5.32 Å². The van der Waals surface area contributed by atoms with Gasteiger partial charge in [0.15, 0.2) is 11.6 Å². The van der Waals surface area contributed by atoms with Crippen molar-refractivity contribution in [3.8, 4) is 11.5 Å². The molecule has 0 aliphatic carbocycles. The number of hydrogen-bond acceptors (Lipinski definition) is 5. The van der Waals surface area contributed by atoms with Gasteiger partial charge in [-0.15, -0.1) is 0 Å². The first-order valence-electron chi connectivity index (χ1n) is 8.10. The Labute approximate surface area is 149 Å². The van der Waals surface area contributed by atoms with Crippen LogP contribution in [0, 0.1) is 0 Å². The highest BCUT2D eigenvalue weighted by Gasteiger charge is 2.16. The molecule has 1 amide bonds. The Morgan fingerprint density at radius 2 is 1.77 bits per heavy atom. The highest BCUT2D eigenvalue weighted by atomic mass is 16.5. The first-order chi connectivity index (χ1) is 12.8. The van der Waals surface area contributed by atoms with Crippen LogP contribution in [0.25, 0.3) is 11.5 Å². The zero-order valence-corrected chi connectivity index (χ0v) is 13.8. The lowest BCUT2D eigenvalue weighted by molar-refractivity contribution is 0.0996. The molecule has 0 aliphatic heterocycles. The van der Waals surface area contributed by atoms with E-state index in [9.17, 15) is 4.79 Å². The molecule has 0 radical (unpaired) electrons. The van der Waals surface area contributed by atoms with Crippen LogP contribution in [0.5, 0.6) is 0 Å². The third kappa shape index (κ3) is 3.39. The Balaban J connectivity index is 1.57. The molecule has 2 aromatic heterocycles. The number of benzene rings is 2. The van der Waals surface area contributed by atoms with Gasteiger partial charge in [-0.05, 0) is 29.8 Å². The van der Waals surface area contributed by atoms with Crippen molar-refractivity contribution in [3.05, 3.63) is 90.1 Å². The number of furan rings is 1. The Bertz CT molecular complexity index is 1010. The van der Waals surface area contributed by atoms with Gasteiger partial charge >= 0.3 is 0 Å². The predicted molar refractivity (Wildman–Crippen MR) is 95.6 cm³/mol. The molecule has 0 atom stereocenters. The highest BCUT2D eigenvalue weighted by Crippen LogP contribution is 2.27. The van der Waals surface area contributed by atoms with Crippen LogP contribution in [0.15, 0.2) is 81.9 Å². The molecule has 0 saturated carbocycles. The fraction of sp³-hybridized carbons (Fsp3) is 0.0500. The van der Waals surface area contributed by atoms with E-state index in [4.69, 9.17) is 8.94 Å². The van der Waals surface area contributed by atoms with Gasteiger partial charge in [0.05, 0.1) is 17.5 Å². The largest absolute Gasteiger partial charge is 0.459 e. The molecule has 4 aromatic rings. The van der Waals surface area contributed by atoms with Crippen LogP contribution < -0.4 is 5.32 Å². The molecule has 0 spiro atoms. The maximum absolute atomic E-state index is 12.2. The second-order valence-corrected chi connectivity index (χ2v) is 5.66. The van der Waals surface area contributed by atoms with Crippen LogP contribution in [0.3, 0.4) is 0 Å². The fourth-order valence-electron chi connectivity index (χ4n) is 2.58. The van der Waals surface area contributed by atoms with Gasteiger partial charge in [0.2, 0.25) is 0 Å². The van der Waals surface area contributed by atoms with Crippen molar-refractivity contribution in [2.24, 2.45) is 0 Å². The van der Waals surface area contributed by atoms with Gasteiger partial charge in [-0.2, -0.15) is 4.98 Å². The van der Waals surface area contributed by atoms with Crippen LogP contribution in [0.4, 0.5) is 5.69 Å². The summed E-state index contributed by atoms with van der Waals surface area (Å²) in [4.78, 5) is 16.7. The molecule has 0 fully saturated rings. The number of amides is 1. The van der Waals surface area contributed by atoms with Crippen LogP contribution >= 0.6 is 0 Å². The molecule has 128 valence electrons. The van der Waals surface area contributed by atoms with Gasteiger partial charge in [0.1, 0.15) is 0 Å². The highest BCUT2D eigenvalue weighted by molar-refractivity contribution is 6.04. The molecule has 0 bridgehead atoms. The lowest BCUT2D eigenvalue weighted by atomic mass is 10.1. The van der Waals surface area contributed by atoms with E-state index in [0.29, 0.717) is 29.4 Å². The van der Waals surface area contributed by atoms with Crippen molar-refractivity contribution in [1.29, 1.82) is 0 Å². The zero-order valence-electron chi connectivity index (χ0n) is 13.8. The number of anilines is 1. The number of carbonyl (C=O) groups is 1. The van der Waals surface area contributed by atoms with E-state index in [1.165, 1.54) is 6.26 Å². The molecule has 26 heavy (non-hydrogen) atoms. The SMILES string of the molecule is O=C(Nc1ccccc1-c1nc(Cc2ccccc2)no1)c1ccco1. The van der Waals surface area contributed by atoms with Gasteiger partial charge < -0.3 is 14.3 Å². The number of rotatable bonds is 5. The lowest BCUT2D eigenvalue weighted by Crippen LogP contribution is -2.11. The van der Waals surface area contributed by atoms with Crippen LogP contribution in [-0.2, 0) is 6.42 Å². The van der Waals surface area contributed by atoms with Gasteiger partial charge in [0, 0.05) is 6.42 Å². The molecule has 6 heteroatoms. The molecule has 1 N–H and O–H groups in total. The van der Waals surface area contributed by atoms with E-state index in [1.54, 1.807) is 18.2 Å². The summed E-state index contributed by atoms with van der Waals surface area (Å²) in [6, 6.07) is 20.4. The van der Waals surface area contributed by atoms with E-state index < -0.39 is 0 Å². The first-order valence-corrected chi connectivity index (χ1v) is 8.10. The summed E-state index contributed by atoms with van der Waals surface area (Å²) in [6.07, 6.45) is 2.03. The van der Waals surface area contributed by atoms with Gasteiger partial charge in [-0.1, -0.05) is 47.6 Å². The lowest BCUT2D eigenvalue weighted by Gasteiger charge is -2.06. The summed E-state index contributed by atoms with van der Waals surface area (Å²) in [5.74, 6) is 0.825. The van der Waals surface area contributed by atoms with E-state index >= 15 is 0 Å². The van der Waals surface area contributed by atoms with Gasteiger partial charge in [0.25, 0.3) is 11.8 Å². The summed E-state index contributed by atoms with van der Waals surface area (Å²) in [5, 5.41) is 6.85. The molecular formula is C20H15N3O3. The third-order valence-corrected chi connectivity index (χ3v) is 3.82. The van der Waals surface area contributed by atoms with Gasteiger partial charge in [-0.3, -0.25) is 4.79 Å². The third-order valence-electron chi connectivity index (χ3n) is 3.82. The smallest absolute Gasteiger partial charge is 0.291 e. The zero-order chi connectivity index (χ0) is 17.8. The average molecular weight is 345 g/mol. The molecule has 0 aliphatic rings. The molecule has 2 heterocycles. The van der Waals surface area contributed by atoms with E-state index in [-0.39, 0.29) is 11.7 Å². The molecule has 6 nitrogen and oxygen atoms in total. The van der Waals surface area contributed by atoms with Crippen LogP contribution in [0.1, 0.15) is 21.9 Å². The van der Waals surface area contributed by atoms with Crippen molar-refractivity contribution >= 4 is 11.6 Å². The van der Waals surface area contributed by atoms with Crippen LogP contribution in [0.2, 0.25) is 0 Å². The van der Waals surface area contributed by atoms with Crippen molar-refractivity contribution < 1.29 is 13.7 Å². The predicted octanol–water partition coefficient (Wildman–Crippen LogP) is 4.17. The molecule has 4 rings (SSSR count). The minimum atomic E-state index is -0.341. The number of aromatic nitrogens is 2. The van der Waals surface area contributed by atoms with Gasteiger partial charge in [-0.25, -0.2) is 0 Å². The monoisotopic (exact) mass is 345 g/mol. The topological polar surface area (TPSA) is 81.2 Å². The van der Waals surface area contributed by atoms with E-state index in [2.05, 4.69) is 15.5 Å². The number of para-hydroxylation sites is 1. The number of carbonyl (C=O) groups excluding carboxylic acids is 1. The average Bonchev–Trinajstić information content (AvgIpc) is 3.35. The van der Waals surface area contributed by atoms with Crippen molar-refractivity contribution in [1.82, 2.24) is 10.1 Å². The maximum Gasteiger partial charge on any atom is 0.291 e. The standard InChI is InChI=1S/C20H15N3O3/c24-19(17-11-6-12-25-17)21-16-10-5-4-9-15(16)20-22-18(23-26-20)13-14-7-2-1-3-8-14/h1-12H,13H2,(H,21,24). The Kier molecular flexibility index (Phi) is 4.30. The molecular weight excluding hydrogens is 330 g/mol. The molecule has 0 unspecified atom stereocenters. The van der Waals surface area contributed by atoms with E-state index in [0.717, 1.165) is 5.56 Å². The van der Waals surface area contributed by atoms with E-state index in [1.807, 2.05) is 48.5 Å². The normalized spacial score (nSPS) is 10.6. The number of nitrogens with zero attached hydrogens (tertiary/aromatic N) is 2. The summed E-state index contributed by atoms with van der Waals surface area (Å²) < 4.78 is 10.5. The molecule has 0 saturated heterocycles. The molecule has 2 aromatic carbocycles. The minimum absolute atomic E-state index is 0.232. The quantitative estimate of drug-likeness (QED) is 0.587. The Morgan fingerprint density at radius 1 is 0.962 bits per heavy atom.